The van der Waals surface area contributed by atoms with Gasteiger partial charge in [-0.3, -0.25) is 18.9 Å². The first-order valence-electron chi connectivity index (χ1n) is 15.1. The van der Waals surface area contributed by atoms with Crippen LogP contribution >= 0.6 is 0 Å². The van der Waals surface area contributed by atoms with Crippen LogP contribution in [0, 0.1) is 0 Å². The van der Waals surface area contributed by atoms with Crippen molar-refractivity contribution in [1.29, 1.82) is 0 Å². The Hall–Kier alpha value is -5.42. The van der Waals surface area contributed by atoms with Crippen molar-refractivity contribution >= 4 is 5.65 Å². The molecular weight excluding hydrogens is 586 g/mol. The van der Waals surface area contributed by atoms with Crippen molar-refractivity contribution in [2.45, 2.75) is 45.6 Å². The summed E-state index contributed by atoms with van der Waals surface area (Å²) in [6.07, 6.45) is 3.51. The van der Waals surface area contributed by atoms with Crippen LogP contribution in [0.1, 0.15) is 44.0 Å². The third kappa shape index (κ3) is 6.09. The predicted molar refractivity (Wildman–Crippen MR) is 174 cm³/mol. The minimum Gasteiger partial charge on any atom is -0.496 e. The van der Waals surface area contributed by atoms with Gasteiger partial charge in [-0.2, -0.15) is 5.10 Å². The van der Waals surface area contributed by atoms with Crippen LogP contribution in [-0.4, -0.2) is 48.7 Å². The number of aromatic nitrogens is 5. The Labute approximate surface area is 264 Å². The minimum atomic E-state index is -0.969. The van der Waals surface area contributed by atoms with Crippen LogP contribution in [-0.2, 0) is 12.8 Å². The van der Waals surface area contributed by atoms with Crippen molar-refractivity contribution in [2.24, 2.45) is 0 Å². The van der Waals surface area contributed by atoms with Crippen molar-refractivity contribution in [3.05, 3.63) is 117 Å². The van der Waals surface area contributed by atoms with Gasteiger partial charge < -0.3 is 14.6 Å². The van der Waals surface area contributed by atoms with Gasteiger partial charge in [0.25, 0.3) is 5.56 Å². The van der Waals surface area contributed by atoms with Crippen LogP contribution in [0.15, 0.2) is 93.1 Å². The molecule has 0 aliphatic heterocycles. The number of H-pyrrole nitrogens is 1. The average molecular weight is 622 g/mol. The van der Waals surface area contributed by atoms with Gasteiger partial charge in [-0.05, 0) is 67.3 Å². The van der Waals surface area contributed by atoms with Crippen molar-refractivity contribution in [3.8, 4) is 39.7 Å². The van der Waals surface area contributed by atoms with E-state index in [2.05, 4.69) is 22.2 Å². The zero-order chi connectivity index (χ0) is 32.4. The second kappa shape index (κ2) is 12.5. The van der Waals surface area contributed by atoms with Crippen LogP contribution in [0.4, 0.5) is 0 Å². The molecule has 0 unspecified atom stereocenters. The van der Waals surface area contributed by atoms with E-state index in [-0.39, 0.29) is 12.2 Å². The molecule has 0 atom stereocenters. The first-order valence-corrected chi connectivity index (χ1v) is 15.1. The molecule has 3 aromatic heterocycles. The van der Waals surface area contributed by atoms with E-state index in [1.54, 1.807) is 43.9 Å². The summed E-state index contributed by atoms with van der Waals surface area (Å²) in [6.45, 7) is 5.58. The molecule has 3 aromatic carbocycles. The van der Waals surface area contributed by atoms with E-state index in [0.717, 1.165) is 28.8 Å². The van der Waals surface area contributed by atoms with Gasteiger partial charge >= 0.3 is 5.76 Å². The predicted octanol–water partition coefficient (Wildman–Crippen LogP) is 5.20. The summed E-state index contributed by atoms with van der Waals surface area (Å²) < 4.78 is 19.8. The summed E-state index contributed by atoms with van der Waals surface area (Å²) in [4.78, 5) is 28.6. The summed E-state index contributed by atoms with van der Waals surface area (Å²) in [5.41, 5.74) is 4.90. The Kier molecular flexibility index (Phi) is 8.33. The van der Waals surface area contributed by atoms with Gasteiger partial charge in [0.15, 0.2) is 5.82 Å². The Balaban J connectivity index is 1.42. The highest BCUT2D eigenvalue weighted by molar-refractivity contribution is 5.81. The average Bonchev–Trinajstić information content (AvgIpc) is 3.71. The molecule has 3 heterocycles. The molecular formula is C35H35N5O6. The topological polar surface area (TPSA) is 137 Å². The highest BCUT2D eigenvalue weighted by atomic mass is 16.5. The Morgan fingerprint density at radius 3 is 2.43 bits per heavy atom. The zero-order valence-corrected chi connectivity index (χ0v) is 26.1. The van der Waals surface area contributed by atoms with Crippen LogP contribution in [0.25, 0.3) is 33.8 Å². The highest BCUT2D eigenvalue weighted by Gasteiger charge is 2.21. The lowest BCUT2D eigenvalue weighted by Gasteiger charge is -2.19. The number of hydrogen-bond acceptors (Lipinski definition) is 8. The molecule has 11 nitrogen and oxygen atoms in total. The number of methoxy groups -OCH3 is 1. The van der Waals surface area contributed by atoms with E-state index < -0.39 is 11.4 Å². The number of benzene rings is 3. The number of fused-ring (bicyclic) bond motifs is 1. The molecule has 11 heteroatoms. The summed E-state index contributed by atoms with van der Waals surface area (Å²) in [6, 6.07) is 22.4. The molecule has 6 aromatic rings. The molecule has 0 aliphatic rings. The summed E-state index contributed by atoms with van der Waals surface area (Å²) in [5.74, 6) is 0.906. The van der Waals surface area contributed by atoms with Crippen molar-refractivity contribution in [2.75, 3.05) is 13.7 Å². The minimum absolute atomic E-state index is 0.140. The molecule has 0 fully saturated rings. The third-order valence-electron chi connectivity index (χ3n) is 7.68. The first-order chi connectivity index (χ1) is 22.2. The molecule has 2 N–H and O–H groups in total. The van der Waals surface area contributed by atoms with Crippen LogP contribution in [0.5, 0.6) is 11.5 Å². The summed E-state index contributed by atoms with van der Waals surface area (Å²) in [5, 5.41) is 18.5. The van der Waals surface area contributed by atoms with Crippen LogP contribution in [0.2, 0.25) is 0 Å². The van der Waals surface area contributed by atoms with E-state index in [9.17, 15) is 14.7 Å². The fourth-order valence-corrected chi connectivity index (χ4v) is 5.57. The number of aliphatic hydroxyl groups is 1. The molecule has 0 aliphatic carbocycles. The van der Waals surface area contributed by atoms with Gasteiger partial charge in [-0.1, -0.05) is 54.9 Å². The van der Waals surface area contributed by atoms with Gasteiger partial charge in [0.1, 0.15) is 23.8 Å². The van der Waals surface area contributed by atoms with Gasteiger partial charge in [0.05, 0.1) is 30.3 Å². The smallest absolute Gasteiger partial charge is 0.439 e. The lowest BCUT2D eigenvalue weighted by Crippen LogP contribution is -2.28. The number of rotatable bonds is 11. The van der Waals surface area contributed by atoms with Crippen molar-refractivity contribution in [1.82, 2.24) is 24.3 Å². The highest BCUT2D eigenvalue weighted by Crippen LogP contribution is 2.34. The molecule has 46 heavy (non-hydrogen) atoms. The fourth-order valence-electron chi connectivity index (χ4n) is 5.57. The molecule has 0 saturated heterocycles. The lowest BCUT2D eigenvalue weighted by atomic mass is 9.95. The molecule has 0 spiro atoms. The molecule has 0 amide bonds. The maximum Gasteiger partial charge on any atom is 0.439 e. The van der Waals surface area contributed by atoms with E-state index in [1.807, 2.05) is 65.2 Å². The van der Waals surface area contributed by atoms with Crippen molar-refractivity contribution < 1.29 is 19.1 Å². The van der Waals surface area contributed by atoms with E-state index in [4.69, 9.17) is 14.0 Å². The Morgan fingerprint density at radius 2 is 1.76 bits per heavy atom. The molecule has 0 saturated carbocycles. The SMILES string of the molecule is CCCc1c(Cc2ccc(-c3ccccc3-c3noc(=O)[nH]3)cc2OC)c(=O)n(-c2ccc(OCC(C)(C)O)cc2)c2ccnn12. The van der Waals surface area contributed by atoms with Gasteiger partial charge in [0, 0.05) is 23.6 Å². The first kappa shape index (κ1) is 30.6. The monoisotopic (exact) mass is 621 g/mol. The van der Waals surface area contributed by atoms with Gasteiger partial charge in [0.2, 0.25) is 0 Å². The van der Waals surface area contributed by atoms with Gasteiger partial charge in [-0.15, -0.1) is 0 Å². The number of aryl methyl sites for hydroxylation is 1. The number of aromatic amines is 1. The number of nitrogens with one attached hydrogen (secondary N) is 1. The Bertz CT molecular complexity index is 2110. The quantitative estimate of drug-likeness (QED) is 0.202. The second-order valence-corrected chi connectivity index (χ2v) is 11.7. The maximum atomic E-state index is 14.4. The third-order valence-corrected chi connectivity index (χ3v) is 7.68. The van der Waals surface area contributed by atoms with Crippen LogP contribution < -0.4 is 20.8 Å². The standard InChI is InChI=1S/C35H35N5O6/c1-5-8-29-28(33(41)39(31-17-18-36-40(29)31)24-13-15-25(16-14-24)45-21-35(2,3)43)19-23-12-11-22(20-30(23)44-4)26-9-6-7-10-27(26)32-37-34(42)46-38-32/h6-7,9-18,20,43H,5,8,19,21H2,1-4H3,(H,37,38,42). The zero-order valence-electron chi connectivity index (χ0n) is 26.1. The molecule has 6 rings (SSSR count). The van der Waals surface area contributed by atoms with E-state index in [0.29, 0.717) is 52.6 Å². The largest absolute Gasteiger partial charge is 0.496 e. The normalized spacial score (nSPS) is 11.7. The molecule has 236 valence electrons. The van der Waals surface area contributed by atoms with Gasteiger partial charge in [-0.25, -0.2) is 9.31 Å². The maximum absolute atomic E-state index is 14.4. The van der Waals surface area contributed by atoms with E-state index >= 15 is 0 Å². The molecule has 0 bridgehead atoms. The van der Waals surface area contributed by atoms with Crippen LogP contribution in [0.3, 0.4) is 0 Å². The fraction of sp³-hybridized carbons (Fsp3) is 0.257. The summed E-state index contributed by atoms with van der Waals surface area (Å²) in [7, 11) is 1.60. The van der Waals surface area contributed by atoms with E-state index in [1.165, 1.54) is 0 Å². The summed E-state index contributed by atoms with van der Waals surface area (Å²) >= 11 is 0. The number of hydrogen-bond donors (Lipinski definition) is 2. The Morgan fingerprint density at radius 1 is 1.00 bits per heavy atom. The number of nitrogens with zero attached hydrogens (tertiary/aromatic N) is 4. The number of ether oxygens (including phenoxy) is 2. The molecule has 0 radical (unpaired) electrons. The lowest BCUT2D eigenvalue weighted by molar-refractivity contribution is 0.0285. The second-order valence-electron chi connectivity index (χ2n) is 11.7. The van der Waals surface area contributed by atoms with Crippen molar-refractivity contribution in [3.63, 3.8) is 0 Å².